The Bertz CT molecular complexity index is 301. The molecule has 8 heteroatoms. The lowest BCUT2D eigenvalue weighted by molar-refractivity contribution is -0.291. The van der Waals surface area contributed by atoms with Crippen LogP contribution in [0.2, 0.25) is 0 Å². The van der Waals surface area contributed by atoms with Gasteiger partial charge in [0.2, 0.25) is 0 Å². The number of aromatic nitrogens is 3. The van der Waals surface area contributed by atoms with Crippen molar-refractivity contribution in [3.05, 3.63) is 11.4 Å². The number of alkyl halides is 5. The second-order valence-electron chi connectivity index (χ2n) is 2.33. The van der Waals surface area contributed by atoms with Crippen LogP contribution in [0.15, 0.2) is 0 Å². The molecule has 0 aromatic carbocycles. The first-order valence-electron chi connectivity index (χ1n) is 3.09. The van der Waals surface area contributed by atoms with E-state index >= 15 is 0 Å². The van der Waals surface area contributed by atoms with Crippen LogP contribution in [0.25, 0.3) is 0 Å². The summed E-state index contributed by atoms with van der Waals surface area (Å²) in [6.45, 7) is 1.01. The molecule has 0 amide bonds. The Morgan fingerprint density at radius 2 is 1.62 bits per heavy atom. The SMILES string of the molecule is Cc1n[nH]nc1C(F)(F)C(F)(F)F. The highest BCUT2D eigenvalue weighted by Crippen LogP contribution is 2.43. The highest BCUT2D eigenvalue weighted by molar-refractivity contribution is 5.14. The van der Waals surface area contributed by atoms with Crippen molar-refractivity contribution < 1.29 is 22.0 Å². The summed E-state index contributed by atoms with van der Waals surface area (Å²) in [5, 5.41) is 7.52. The van der Waals surface area contributed by atoms with Gasteiger partial charge in [0, 0.05) is 0 Å². The average Bonchev–Trinajstić information content (AvgIpc) is 2.32. The number of rotatable bonds is 1. The maximum atomic E-state index is 12.5. The van der Waals surface area contributed by atoms with E-state index in [0.29, 0.717) is 0 Å². The fourth-order valence-electron chi connectivity index (χ4n) is 0.716. The van der Waals surface area contributed by atoms with Crippen LogP contribution in [-0.2, 0) is 5.92 Å². The molecule has 0 saturated heterocycles. The third-order valence-electron chi connectivity index (χ3n) is 1.38. The molecule has 13 heavy (non-hydrogen) atoms. The summed E-state index contributed by atoms with van der Waals surface area (Å²) < 4.78 is 60.3. The largest absolute Gasteiger partial charge is 0.459 e. The number of halogens is 5. The van der Waals surface area contributed by atoms with Crippen LogP contribution in [0.1, 0.15) is 11.4 Å². The Kier molecular flexibility index (Phi) is 2.01. The van der Waals surface area contributed by atoms with Crippen LogP contribution in [0.4, 0.5) is 22.0 Å². The number of aromatic amines is 1. The molecule has 0 bridgehead atoms. The van der Waals surface area contributed by atoms with Crippen molar-refractivity contribution in [3.63, 3.8) is 0 Å². The van der Waals surface area contributed by atoms with Gasteiger partial charge in [-0.1, -0.05) is 0 Å². The van der Waals surface area contributed by atoms with E-state index in [-0.39, 0.29) is 0 Å². The van der Waals surface area contributed by atoms with E-state index < -0.39 is 23.5 Å². The summed E-state index contributed by atoms with van der Waals surface area (Å²) >= 11 is 0. The Morgan fingerprint density at radius 1 is 1.08 bits per heavy atom. The summed E-state index contributed by atoms with van der Waals surface area (Å²) in [5.41, 5.74) is -1.86. The minimum atomic E-state index is -5.64. The van der Waals surface area contributed by atoms with Gasteiger partial charge in [-0.05, 0) is 6.92 Å². The Hall–Kier alpha value is -1.21. The molecule has 0 aliphatic heterocycles. The van der Waals surface area contributed by atoms with E-state index in [1.807, 2.05) is 0 Å². The van der Waals surface area contributed by atoms with Crippen molar-refractivity contribution in [2.45, 2.75) is 19.0 Å². The third-order valence-corrected chi connectivity index (χ3v) is 1.38. The van der Waals surface area contributed by atoms with Gasteiger partial charge in [-0.25, -0.2) is 0 Å². The monoisotopic (exact) mass is 201 g/mol. The molecule has 0 aliphatic rings. The van der Waals surface area contributed by atoms with Crippen molar-refractivity contribution in [2.75, 3.05) is 0 Å². The van der Waals surface area contributed by atoms with Crippen LogP contribution in [0.3, 0.4) is 0 Å². The van der Waals surface area contributed by atoms with Crippen LogP contribution >= 0.6 is 0 Å². The summed E-state index contributed by atoms with van der Waals surface area (Å²) in [7, 11) is 0. The van der Waals surface area contributed by atoms with Gasteiger partial charge in [-0.2, -0.15) is 37.4 Å². The number of hydrogen-bond acceptors (Lipinski definition) is 2. The lowest BCUT2D eigenvalue weighted by Gasteiger charge is -2.17. The van der Waals surface area contributed by atoms with Crippen molar-refractivity contribution in [2.24, 2.45) is 0 Å². The van der Waals surface area contributed by atoms with Crippen molar-refractivity contribution in [1.82, 2.24) is 15.4 Å². The first kappa shape index (κ1) is 9.87. The lowest BCUT2D eigenvalue weighted by Crippen LogP contribution is -2.34. The molecule has 0 unspecified atom stereocenters. The summed E-state index contributed by atoms with van der Waals surface area (Å²) in [6, 6.07) is 0. The predicted molar refractivity (Wildman–Crippen MR) is 31.1 cm³/mol. The summed E-state index contributed by atoms with van der Waals surface area (Å²) in [4.78, 5) is 0. The van der Waals surface area contributed by atoms with E-state index in [9.17, 15) is 22.0 Å². The van der Waals surface area contributed by atoms with E-state index in [2.05, 4.69) is 10.2 Å². The van der Waals surface area contributed by atoms with Crippen molar-refractivity contribution >= 4 is 0 Å². The second-order valence-corrected chi connectivity index (χ2v) is 2.33. The first-order chi connectivity index (χ1) is 5.77. The predicted octanol–water partition coefficient (Wildman–Crippen LogP) is 1.77. The molecule has 0 atom stereocenters. The summed E-state index contributed by atoms with van der Waals surface area (Å²) in [6.07, 6.45) is -5.64. The first-order valence-corrected chi connectivity index (χ1v) is 3.09. The summed E-state index contributed by atoms with van der Waals surface area (Å²) in [5.74, 6) is -4.95. The molecule has 74 valence electrons. The molecule has 0 fully saturated rings. The van der Waals surface area contributed by atoms with Crippen LogP contribution in [-0.4, -0.2) is 21.6 Å². The number of nitrogens with one attached hydrogen (secondary N) is 1. The quantitative estimate of drug-likeness (QED) is 0.703. The molecule has 1 rings (SSSR count). The molecule has 1 heterocycles. The number of H-pyrrole nitrogens is 1. The fraction of sp³-hybridized carbons (Fsp3) is 0.600. The molecule has 0 spiro atoms. The van der Waals surface area contributed by atoms with E-state index in [1.54, 1.807) is 5.21 Å². The molecule has 1 N–H and O–H groups in total. The average molecular weight is 201 g/mol. The van der Waals surface area contributed by atoms with Gasteiger partial charge in [0.1, 0.15) is 0 Å². The molecule has 1 aromatic rings. The number of aryl methyl sites for hydroxylation is 1. The molecular formula is C5H4F5N3. The van der Waals surface area contributed by atoms with E-state index in [4.69, 9.17) is 0 Å². The van der Waals surface area contributed by atoms with Crippen molar-refractivity contribution in [1.29, 1.82) is 0 Å². The van der Waals surface area contributed by atoms with Gasteiger partial charge in [0.25, 0.3) is 0 Å². The number of nitrogens with zero attached hydrogens (tertiary/aromatic N) is 2. The van der Waals surface area contributed by atoms with Gasteiger partial charge >= 0.3 is 12.1 Å². The normalized spacial score (nSPS) is 13.4. The lowest BCUT2D eigenvalue weighted by atomic mass is 10.2. The van der Waals surface area contributed by atoms with Crippen LogP contribution < -0.4 is 0 Å². The Balaban J connectivity index is 3.15. The Morgan fingerprint density at radius 3 is 1.92 bits per heavy atom. The maximum Gasteiger partial charge on any atom is 0.459 e. The highest BCUT2D eigenvalue weighted by Gasteiger charge is 2.61. The molecule has 0 radical (unpaired) electrons. The van der Waals surface area contributed by atoms with Gasteiger partial charge < -0.3 is 0 Å². The minimum absolute atomic E-state index is 0.470. The molecule has 0 aliphatic carbocycles. The molecule has 0 saturated carbocycles. The fourth-order valence-corrected chi connectivity index (χ4v) is 0.716. The molecule has 1 aromatic heterocycles. The van der Waals surface area contributed by atoms with Gasteiger partial charge in [-0.15, -0.1) is 0 Å². The highest BCUT2D eigenvalue weighted by atomic mass is 19.4. The van der Waals surface area contributed by atoms with Crippen molar-refractivity contribution in [3.8, 4) is 0 Å². The minimum Gasteiger partial charge on any atom is -0.197 e. The van der Waals surface area contributed by atoms with Crippen LogP contribution in [0.5, 0.6) is 0 Å². The van der Waals surface area contributed by atoms with E-state index in [1.165, 1.54) is 0 Å². The molecule has 3 nitrogen and oxygen atoms in total. The number of hydrogen-bond donors (Lipinski definition) is 1. The standard InChI is InChI=1S/C5H4F5N3/c1-2-3(12-13-11-2)4(6,7)5(8,9)10/h1H3,(H,11,12,13). The van der Waals surface area contributed by atoms with Gasteiger partial charge in [-0.3, -0.25) is 0 Å². The zero-order valence-electron chi connectivity index (χ0n) is 6.28. The third kappa shape index (κ3) is 1.47. The molecular weight excluding hydrogens is 197 g/mol. The second kappa shape index (κ2) is 2.64. The zero-order valence-corrected chi connectivity index (χ0v) is 6.28. The maximum absolute atomic E-state index is 12.5. The van der Waals surface area contributed by atoms with Gasteiger partial charge in [0.15, 0.2) is 5.69 Å². The van der Waals surface area contributed by atoms with E-state index in [0.717, 1.165) is 6.92 Å². The van der Waals surface area contributed by atoms with Crippen LogP contribution in [0, 0.1) is 6.92 Å². The zero-order chi connectivity index (χ0) is 10.3. The smallest absolute Gasteiger partial charge is 0.197 e. The van der Waals surface area contributed by atoms with Gasteiger partial charge in [0.05, 0.1) is 5.69 Å². The Labute approximate surface area is 68.9 Å². The topological polar surface area (TPSA) is 41.6 Å².